The maximum absolute atomic E-state index is 13.4. The lowest BCUT2D eigenvalue weighted by molar-refractivity contribution is -0.140. The number of methoxy groups -OCH3 is 2. The maximum atomic E-state index is 13.4. The summed E-state index contributed by atoms with van der Waals surface area (Å²) in [6, 6.07) is 12.6. The SMILES string of the molecule is COc1ccc(C(=O)CC(C(=O)c2ccccc2)C(=S)N2CCC[C@H]2C(=O)O)cc1OC. The number of carbonyl (C=O) groups excluding carboxylic acids is 2. The van der Waals surface area contributed by atoms with Gasteiger partial charge in [-0.3, -0.25) is 9.59 Å². The number of thiocarbonyl (C=S) groups is 1. The van der Waals surface area contributed by atoms with Gasteiger partial charge >= 0.3 is 5.97 Å². The summed E-state index contributed by atoms with van der Waals surface area (Å²) in [5.41, 5.74) is 0.776. The van der Waals surface area contributed by atoms with Crippen molar-refractivity contribution in [3.63, 3.8) is 0 Å². The summed E-state index contributed by atoms with van der Waals surface area (Å²) >= 11 is 5.61. The first-order valence-electron chi connectivity index (χ1n) is 10.2. The molecule has 1 heterocycles. The van der Waals surface area contributed by atoms with Crippen LogP contribution in [-0.4, -0.2) is 59.3 Å². The average Bonchev–Trinajstić information content (AvgIpc) is 3.32. The van der Waals surface area contributed by atoms with Crippen molar-refractivity contribution in [1.82, 2.24) is 4.90 Å². The second-order valence-corrected chi connectivity index (χ2v) is 7.93. The molecule has 1 unspecified atom stereocenters. The molecule has 1 fully saturated rings. The van der Waals surface area contributed by atoms with Gasteiger partial charge in [-0.1, -0.05) is 42.5 Å². The molecule has 1 aliphatic rings. The molecule has 0 amide bonds. The third kappa shape index (κ3) is 4.96. The minimum Gasteiger partial charge on any atom is -0.493 e. The monoisotopic (exact) mass is 455 g/mol. The van der Waals surface area contributed by atoms with Crippen molar-refractivity contribution < 1.29 is 29.0 Å². The van der Waals surface area contributed by atoms with Gasteiger partial charge in [0.25, 0.3) is 0 Å². The van der Waals surface area contributed by atoms with E-state index in [-0.39, 0.29) is 23.0 Å². The van der Waals surface area contributed by atoms with E-state index in [9.17, 15) is 19.5 Å². The first kappa shape index (κ1) is 23.4. The van der Waals surface area contributed by atoms with Crippen LogP contribution in [0.25, 0.3) is 0 Å². The highest BCUT2D eigenvalue weighted by Crippen LogP contribution is 2.30. The van der Waals surface area contributed by atoms with Crippen molar-refractivity contribution >= 4 is 34.7 Å². The van der Waals surface area contributed by atoms with E-state index in [1.807, 2.05) is 0 Å². The molecule has 168 valence electrons. The Morgan fingerprint density at radius 1 is 1.06 bits per heavy atom. The van der Waals surface area contributed by atoms with Gasteiger partial charge in [-0.25, -0.2) is 4.79 Å². The molecule has 2 aromatic rings. The molecule has 0 radical (unpaired) electrons. The van der Waals surface area contributed by atoms with E-state index in [1.165, 1.54) is 14.2 Å². The molecular weight excluding hydrogens is 430 g/mol. The number of ketones is 2. The van der Waals surface area contributed by atoms with Crippen LogP contribution in [0.3, 0.4) is 0 Å². The maximum Gasteiger partial charge on any atom is 0.326 e. The Morgan fingerprint density at radius 2 is 1.75 bits per heavy atom. The van der Waals surface area contributed by atoms with Crippen LogP contribution in [0.4, 0.5) is 0 Å². The van der Waals surface area contributed by atoms with Crippen LogP contribution in [0.1, 0.15) is 40.0 Å². The van der Waals surface area contributed by atoms with Crippen molar-refractivity contribution in [2.24, 2.45) is 5.92 Å². The van der Waals surface area contributed by atoms with E-state index in [0.717, 1.165) is 0 Å². The Morgan fingerprint density at radius 3 is 2.38 bits per heavy atom. The van der Waals surface area contributed by atoms with E-state index in [2.05, 4.69) is 0 Å². The number of hydrogen-bond acceptors (Lipinski definition) is 6. The topological polar surface area (TPSA) is 93.1 Å². The van der Waals surface area contributed by atoms with Crippen molar-refractivity contribution in [2.75, 3.05) is 20.8 Å². The van der Waals surface area contributed by atoms with Crippen molar-refractivity contribution in [3.05, 3.63) is 59.7 Å². The zero-order valence-electron chi connectivity index (χ0n) is 17.9. The molecule has 0 aliphatic carbocycles. The van der Waals surface area contributed by atoms with E-state index >= 15 is 0 Å². The van der Waals surface area contributed by atoms with E-state index in [0.29, 0.717) is 42.0 Å². The summed E-state index contributed by atoms with van der Waals surface area (Å²) in [6.45, 7) is 0.443. The van der Waals surface area contributed by atoms with Gasteiger partial charge in [0.15, 0.2) is 23.1 Å². The second-order valence-electron chi connectivity index (χ2n) is 7.51. The van der Waals surface area contributed by atoms with Crippen molar-refractivity contribution in [3.8, 4) is 11.5 Å². The van der Waals surface area contributed by atoms with E-state index < -0.39 is 17.9 Å². The van der Waals surface area contributed by atoms with E-state index in [1.54, 1.807) is 53.4 Å². The van der Waals surface area contributed by atoms with Gasteiger partial charge in [-0.2, -0.15) is 0 Å². The molecule has 2 aromatic carbocycles. The number of benzene rings is 2. The second kappa shape index (κ2) is 10.4. The van der Waals surface area contributed by atoms with Crippen LogP contribution in [0, 0.1) is 5.92 Å². The summed E-state index contributed by atoms with van der Waals surface area (Å²) < 4.78 is 10.5. The van der Waals surface area contributed by atoms with Gasteiger partial charge in [-0.15, -0.1) is 0 Å². The molecule has 0 saturated carbocycles. The predicted molar refractivity (Wildman–Crippen MR) is 123 cm³/mol. The number of aliphatic carboxylic acids is 1. The molecule has 2 atom stereocenters. The van der Waals surface area contributed by atoms with Crippen LogP contribution < -0.4 is 9.47 Å². The van der Waals surface area contributed by atoms with Gasteiger partial charge in [0.1, 0.15) is 6.04 Å². The fourth-order valence-electron chi connectivity index (χ4n) is 3.90. The smallest absolute Gasteiger partial charge is 0.326 e. The van der Waals surface area contributed by atoms with Gasteiger partial charge in [0.05, 0.1) is 25.1 Å². The number of rotatable bonds is 9. The minimum absolute atomic E-state index is 0.176. The minimum atomic E-state index is -0.984. The van der Waals surface area contributed by atoms with Crippen LogP contribution in [0.2, 0.25) is 0 Å². The predicted octanol–water partition coefficient (Wildman–Crippen LogP) is 3.65. The fourth-order valence-corrected chi connectivity index (χ4v) is 4.30. The normalized spacial score (nSPS) is 16.3. The fraction of sp³-hybridized carbons (Fsp3) is 0.333. The molecule has 32 heavy (non-hydrogen) atoms. The molecule has 1 saturated heterocycles. The number of nitrogens with zero attached hydrogens (tertiary/aromatic N) is 1. The van der Waals surface area contributed by atoms with E-state index in [4.69, 9.17) is 21.7 Å². The molecule has 0 aromatic heterocycles. The van der Waals surface area contributed by atoms with Crippen LogP contribution in [0.15, 0.2) is 48.5 Å². The largest absolute Gasteiger partial charge is 0.493 e. The van der Waals surface area contributed by atoms with Crippen molar-refractivity contribution in [1.29, 1.82) is 0 Å². The molecule has 0 spiro atoms. The van der Waals surface area contributed by atoms with Gasteiger partial charge in [-0.05, 0) is 31.0 Å². The van der Waals surface area contributed by atoms with Gasteiger partial charge < -0.3 is 19.5 Å². The number of hydrogen-bond donors (Lipinski definition) is 1. The van der Waals surface area contributed by atoms with Crippen molar-refractivity contribution in [2.45, 2.75) is 25.3 Å². The summed E-state index contributed by atoms with van der Waals surface area (Å²) in [4.78, 5) is 39.9. The Balaban J connectivity index is 1.92. The highest BCUT2D eigenvalue weighted by atomic mass is 32.1. The highest BCUT2D eigenvalue weighted by molar-refractivity contribution is 7.80. The number of Topliss-reactive ketones (excluding diaryl/α,β-unsaturated/α-hetero) is 2. The summed E-state index contributed by atoms with van der Waals surface area (Å²) in [5, 5.41) is 9.56. The number of ether oxygens (including phenoxy) is 2. The first-order valence-corrected chi connectivity index (χ1v) is 10.7. The summed E-state index contributed by atoms with van der Waals surface area (Å²) in [6.07, 6.45) is 0.934. The van der Waals surface area contributed by atoms with Gasteiger partial charge in [0, 0.05) is 24.1 Å². The Kier molecular flexibility index (Phi) is 7.58. The van der Waals surface area contributed by atoms with Crippen LogP contribution in [-0.2, 0) is 4.79 Å². The highest BCUT2D eigenvalue weighted by Gasteiger charge is 2.38. The first-order chi connectivity index (χ1) is 15.4. The summed E-state index contributed by atoms with van der Waals surface area (Å²) in [5.74, 6) is -1.65. The zero-order chi connectivity index (χ0) is 23.3. The molecule has 0 bridgehead atoms. The zero-order valence-corrected chi connectivity index (χ0v) is 18.8. The number of carboxylic acid groups (broad SMARTS) is 1. The molecule has 7 nitrogen and oxygen atoms in total. The lowest BCUT2D eigenvalue weighted by Gasteiger charge is -2.29. The number of carbonyl (C=O) groups is 3. The Bertz CT molecular complexity index is 1020. The molecular formula is C24H25NO6S. The Hall–Kier alpha value is -3.26. The molecule has 1 aliphatic heterocycles. The lowest BCUT2D eigenvalue weighted by Crippen LogP contribution is -2.45. The lowest BCUT2D eigenvalue weighted by atomic mass is 9.90. The molecule has 8 heteroatoms. The third-order valence-electron chi connectivity index (χ3n) is 5.59. The third-order valence-corrected chi connectivity index (χ3v) is 6.11. The summed E-state index contributed by atoms with van der Waals surface area (Å²) in [7, 11) is 2.98. The van der Waals surface area contributed by atoms with Crippen LogP contribution in [0.5, 0.6) is 11.5 Å². The molecule has 3 rings (SSSR count). The van der Waals surface area contributed by atoms with Gasteiger partial charge in [0.2, 0.25) is 0 Å². The molecule has 1 N–H and O–H groups in total. The standard InChI is InChI=1S/C24H25NO6S/c1-30-20-11-10-16(13-21(20)31-2)19(26)14-17(22(27)15-7-4-3-5-8-15)23(32)25-12-6-9-18(25)24(28)29/h3-5,7-8,10-11,13,17-18H,6,9,12,14H2,1-2H3,(H,28,29)/t17?,18-/m0/s1. The number of carboxylic acids is 1. The Labute approximate surface area is 191 Å². The number of likely N-dealkylation sites (tertiary alicyclic amines) is 1. The average molecular weight is 456 g/mol. The van der Waals surface area contributed by atoms with Crippen LogP contribution >= 0.6 is 12.2 Å². The quantitative estimate of drug-likeness (QED) is 0.452.